The molecule has 0 saturated heterocycles. The van der Waals surface area contributed by atoms with Crippen molar-refractivity contribution in [2.24, 2.45) is 0 Å². The molecule has 1 aromatic carbocycles. The first kappa shape index (κ1) is 16.2. The Kier molecular flexibility index (Phi) is 7.06. The third-order valence-electron chi connectivity index (χ3n) is 3.17. The summed E-state index contributed by atoms with van der Waals surface area (Å²) in [6.45, 7) is 9.13. The molecule has 0 radical (unpaired) electrons. The van der Waals surface area contributed by atoms with E-state index >= 15 is 0 Å². The van der Waals surface area contributed by atoms with E-state index in [1.165, 1.54) is 11.1 Å². The van der Waals surface area contributed by atoms with Crippen molar-refractivity contribution < 1.29 is 9.84 Å². The van der Waals surface area contributed by atoms with Crippen molar-refractivity contribution in [3.05, 3.63) is 35.4 Å². The van der Waals surface area contributed by atoms with Crippen molar-refractivity contribution in [3.8, 4) is 0 Å². The Morgan fingerprint density at radius 3 is 2.32 bits per heavy atom. The highest BCUT2D eigenvalue weighted by Gasteiger charge is 2.09. The second kappa shape index (κ2) is 8.31. The van der Waals surface area contributed by atoms with Gasteiger partial charge in [-0.3, -0.25) is 0 Å². The predicted molar refractivity (Wildman–Crippen MR) is 79.3 cm³/mol. The van der Waals surface area contributed by atoms with Crippen LogP contribution in [0.1, 0.15) is 44.9 Å². The summed E-state index contributed by atoms with van der Waals surface area (Å²) in [5.41, 5.74) is 2.59. The molecule has 0 amide bonds. The van der Waals surface area contributed by atoms with E-state index in [-0.39, 0.29) is 12.1 Å². The Morgan fingerprint density at radius 1 is 1.16 bits per heavy atom. The van der Waals surface area contributed by atoms with Crippen molar-refractivity contribution >= 4 is 0 Å². The number of benzene rings is 1. The van der Waals surface area contributed by atoms with Crippen LogP contribution in [0.3, 0.4) is 0 Å². The number of aliphatic hydroxyl groups excluding tert-OH is 1. The first-order chi connectivity index (χ1) is 9.02. The quantitative estimate of drug-likeness (QED) is 0.759. The van der Waals surface area contributed by atoms with Gasteiger partial charge in [-0.25, -0.2) is 0 Å². The van der Waals surface area contributed by atoms with Gasteiger partial charge < -0.3 is 15.2 Å². The summed E-state index contributed by atoms with van der Waals surface area (Å²) in [5.74, 6) is 0. The zero-order valence-electron chi connectivity index (χ0n) is 12.5. The second-order valence-electron chi connectivity index (χ2n) is 5.26. The number of aliphatic hydroxyl groups is 1. The lowest BCUT2D eigenvalue weighted by Crippen LogP contribution is -2.32. The van der Waals surface area contributed by atoms with E-state index in [0.29, 0.717) is 13.2 Å². The lowest BCUT2D eigenvalue weighted by Gasteiger charge is -2.18. The summed E-state index contributed by atoms with van der Waals surface area (Å²) in [6.07, 6.45) is 0.765. The number of hydrogen-bond donors (Lipinski definition) is 2. The van der Waals surface area contributed by atoms with Crippen LogP contribution >= 0.6 is 0 Å². The lowest BCUT2D eigenvalue weighted by atomic mass is 10.0. The van der Waals surface area contributed by atoms with Crippen LogP contribution in [0, 0.1) is 0 Å². The van der Waals surface area contributed by atoms with Gasteiger partial charge in [-0.2, -0.15) is 0 Å². The maximum Gasteiger partial charge on any atom is 0.0898 e. The highest BCUT2D eigenvalue weighted by atomic mass is 16.5. The molecule has 0 saturated carbocycles. The Labute approximate surface area is 117 Å². The van der Waals surface area contributed by atoms with Gasteiger partial charge in [0.05, 0.1) is 18.8 Å². The first-order valence-electron chi connectivity index (χ1n) is 7.14. The Bertz CT molecular complexity index is 348. The minimum absolute atomic E-state index is 0.161. The van der Waals surface area contributed by atoms with Crippen molar-refractivity contribution in [1.29, 1.82) is 0 Å². The molecule has 0 spiro atoms. The maximum atomic E-state index is 9.79. The van der Waals surface area contributed by atoms with Crippen molar-refractivity contribution in [1.82, 2.24) is 5.32 Å². The van der Waals surface area contributed by atoms with Crippen LogP contribution in [0.25, 0.3) is 0 Å². The van der Waals surface area contributed by atoms with E-state index in [1.807, 2.05) is 13.8 Å². The average Bonchev–Trinajstić information content (AvgIpc) is 2.42. The number of rotatable bonds is 8. The molecule has 2 N–H and O–H groups in total. The maximum absolute atomic E-state index is 9.79. The fraction of sp³-hybridized carbons (Fsp3) is 0.625. The van der Waals surface area contributed by atoms with Crippen LogP contribution in [0.4, 0.5) is 0 Å². The smallest absolute Gasteiger partial charge is 0.0898 e. The molecular weight excluding hydrogens is 238 g/mol. The molecule has 2 atom stereocenters. The number of hydrogen-bond acceptors (Lipinski definition) is 3. The van der Waals surface area contributed by atoms with Gasteiger partial charge in [0.1, 0.15) is 0 Å². The summed E-state index contributed by atoms with van der Waals surface area (Å²) in [4.78, 5) is 0. The van der Waals surface area contributed by atoms with E-state index in [4.69, 9.17) is 4.74 Å². The minimum Gasteiger partial charge on any atom is -0.389 e. The third-order valence-corrected chi connectivity index (χ3v) is 3.17. The molecule has 108 valence electrons. The fourth-order valence-corrected chi connectivity index (χ4v) is 1.84. The summed E-state index contributed by atoms with van der Waals surface area (Å²) in [6, 6.07) is 8.85. The van der Waals surface area contributed by atoms with Crippen LogP contribution in [0.15, 0.2) is 24.3 Å². The van der Waals surface area contributed by atoms with Gasteiger partial charge in [-0.15, -0.1) is 0 Å². The topological polar surface area (TPSA) is 41.5 Å². The molecule has 0 aliphatic carbocycles. The fourth-order valence-electron chi connectivity index (χ4n) is 1.84. The van der Waals surface area contributed by atoms with E-state index in [9.17, 15) is 5.11 Å². The van der Waals surface area contributed by atoms with E-state index in [0.717, 1.165) is 6.42 Å². The molecular formula is C16H27NO2. The molecule has 2 unspecified atom stereocenters. The normalized spacial score (nSPS) is 14.6. The number of nitrogens with one attached hydrogen (secondary N) is 1. The van der Waals surface area contributed by atoms with Gasteiger partial charge in [0.2, 0.25) is 0 Å². The van der Waals surface area contributed by atoms with E-state index in [2.05, 4.69) is 43.4 Å². The van der Waals surface area contributed by atoms with Gasteiger partial charge in [0.25, 0.3) is 0 Å². The summed E-state index contributed by atoms with van der Waals surface area (Å²) in [7, 11) is 0. The Morgan fingerprint density at radius 2 is 1.79 bits per heavy atom. The van der Waals surface area contributed by atoms with Gasteiger partial charge >= 0.3 is 0 Å². The molecule has 0 heterocycles. The van der Waals surface area contributed by atoms with Crippen molar-refractivity contribution in [2.45, 2.75) is 52.4 Å². The monoisotopic (exact) mass is 265 g/mol. The zero-order valence-corrected chi connectivity index (χ0v) is 12.5. The largest absolute Gasteiger partial charge is 0.389 e. The van der Waals surface area contributed by atoms with Gasteiger partial charge in [0, 0.05) is 12.6 Å². The summed E-state index contributed by atoms with van der Waals surface area (Å²) >= 11 is 0. The first-order valence-corrected chi connectivity index (χ1v) is 7.14. The summed E-state index contributed by atoms with van der Waals surface area (Å²) < 4.78 is 5.38. The van der Waals surface area contributed by atoms with Crippen LogP contribution in [-0.4, -0.2) is 30.5 Å². The zero-order chi connectivity index (χ0) is 14.3. The Hall–Kier alpha value is -0.900. The van der Waals surface area contributed by atoms with Crippen LogP contribution < -0.4 is 5.32 Å². The highest BCUT2D eigenvalue weighted by molar-refractivity contribution is 5.24. The molecule has 0 bridgehead atoms. The number of ether oxygens (including phenoxy) is 1. The van der Waals surface area contributed by atoms with Gasteiger partial charge in [0.15, 0.2) is 0 Å². The SMILES string of the molecule is CCc1ccc(C(C)NCC(O)COC(C)C)cc1. The molecule has 0 aromatic heterocycles. The minimum atomic E-state index is -0.459. The number of aryl methyl sites for hydroxylation is 1. The van der Waals surface area contributed by atoms with Crippen LogP contribution in [0.2, 0.25) is 0 Å². The molecule has 3 heteroatoms. The molecule has 0 fully saturated rings. The van der Waals surface area contributed by atoms with Crippen molar-refractivity contribution in [2.75, 3.05) is 13.2 Å². The highest BCUT2D eigenvalue weighted by Crippen LogP contribution is 2.13. The second-order valence-corrected chi connectivity index (χ2v) is 5.26. The van der Waals surface area contributed by atoms with Crippen LogP contribution in [0.5, 0.6) is 0 Å². The average molecular weight is 265 g/mol. The summed E-state index contributed by atoms with van der Waals surface area (Å²) in [5, 5.41) is 13.1. The van der Waals surface area contributed by atoms with E-state index in [1.54, 1.807) is 0 Å². The molecule has 19 heavy (non-hydrogen) atoms. The standard InChI is InChI=1S/C16H27NO2/c1-5-14-6-8-15(9-7-14)13(4)17-10-16(18)11-19-12(2)3/h6-9,12-13,16-18H,5,10-11H2,1-4H3. The molecule has 0 aliphatic rings. The van der Waals surface area contributed by atoms with Gasteiger partial charge in [-0.1, -0.05) is 31.2 Å². The van der Waals surface area contributed by atoms with E-state index < -0.39 is 6.10 Å². The Balaban J connectivity index is 2.35. The van der Waals surface area contributed by atoms with Crippen LogP contribution in [-0.2, 0) is 11.2 Å². The molecule has 1 aromatic rings. The molecule has 1 rings (SSSR count). The molecule has 3 nitrogen and oxygen atoms in total. The predicted octanol–water partition coefficient (Wildman–Crippen LogP) is 2.69. The lowest BCUT2D eigenvalue weighted by molar-refractivity contribution is 0.00560. The third kappa shape index (κ3) is 6.19. The van der Waals surface area contributed by atoms with Crippen molar-refractivity contribution in [3.63, 3.8) is 0 Å². The molecule has 0 aliphatic heterocycles. The van der Waals surface area contributed by atoms with Gasteiger partial charge in [-0.05, 0) is 38.3 Å².